The van der Waals surface area contributed by atoms with Gasteiger partial charge in [0.1, 0.15) is 0 Å². The number of carbonyl (C=O) groups excluding carboxylic acids is 1. The lowest BCUT2D eigenvalue weighted by molar-refractivity contribution is -0.139. The summed E-state index contributed by atoms with van der Waals surface area (Å²) in [5, 5.41) is 9.01. The molecule has 1 aliphatic heterocycles. The fraction of sp³-hybridized carbons (Fsp3) is 0.467. The number of hydrogen-bond donors (Lipinski definition) is 1. The van der Waals surface area contributed by atoms with E-state index in [0.717, 1.165) is 0 Å². The molecule has 1 aromatic rings. The largest absolute Gasteiger partial charge is 0.481 e. The van der Waals surface area contributed by atoms with Crippen LogP contribution in [0.25, 0.3) is 0 Å². The molecule has 0 radical (unpaired) electrons. The number of carboxylic acid groups (broad SMARTS) is 1. The van der Waals surface area contributed by atoms with Crippen molar-refractivity contribution in [2.24, 2.45) is 0 Å². The van der Waals surface area contributed by atoms with E-state index in [1.165, 1.54) is 0 Å². The summed E-state index contributed by atoms with van der Waals surface area (Å²) in [5.74, 6) is -0.857. The van der Waals surface area contributed by atoms with Crippen LogP contribution in [0.15, 0.2) is 30.3 Å². The molecule has 1 aliphatic rings. The van der Waals surface area contributed by atoms with Crippen LogP contribution in [0.2, 0.25) is 0 Å². The van der Waals surface area contributed by atoms with Crippen LogP contribution < -0.4 is 0 Å². The molecule has 2 rings (SSSR count). The van der Waals surface area contributed by atoms with Crippen LogP contribution in [0.4, 0.5) is 0 Å². The van der Waals surface area contributed by atoms with Crippen molar-refractivity contribution in [3.05, 3.63) is 35.9 Å². The van der Waals surface area contributed by atoms with E-state index in [2.05, 4.69) is 0 Å². The number of amides is 1. The average molecular weight is 276 g/mol. The molecule has 1 aromatic carbocycles. The summed E-state index contributed by atoms with van der Waals surface area (Å²) in [4.78, 5) is 27.3. The highest BCUT2D eigenvalue weighted by Crippen LogP contribution is 2.20. The lowest BCUT2D eigenvalue weighted by atomic mass is 9.99. The van der Waals surface area contributed by atoms with Crippen LogP contribution in [0.3, 0.4) is 0 Å². The minimum absolute atomic E-state index is 0.0263. The Balaban J connectivity index is 2.16. The Labute approximate surface area is 118 Å². The van der Waals surface area contributed by atoms with Crippen molar-refractivity contribution in [3.63, 3.8) is 0 Å². The summed E-state index contributed by atoms with van der Waals surface area (Å²) in [6.45, 7) is 3.24. The van der Waals surface area contributed by atoms with Gasteiger partial charge in [0.25, 0.3) is 5.91 Å². The molecule has 2 atom stereocenters. The van der Waals surface area contributed by atoms with Gasteiger partial charge in [-0.3, -0.25) is 14.5 Å². The first-order valence-corrected chi connectivity index (χ1v) is 6.78. The quantitative estimate of drug-likeness (QED) is 0.904. The maximum atomic E-state index is 12.5. The molecule has 1 heterocycles. The standard InChI is InChI=1S/C15H20N2O3/c1-11-13(10-14(18)19)16(2)8-9-17(11)15(20)12-6-4-3-5-7-12/h3-7,11,13H,8-10H2,1-2H3,(H,18,19)/t11-,13+/m1/s1. The van der Waals surface area contributed by atoms with Crippen molar-refractivity contribution in [1.82, 2.24) is 9.80 Å². The smallest absolute Gasteiger partial charge is 0.305 e. The van der Waals surface area contributed by atoms with Crippen molar-refractivity contribution in [2.75, 3.05) is 20.1 Å². The van der Waals surface area contributed by atoms with Crippen LogP contribution in [0.1, 0.15) is 23.7 Å². The molecule has 1 amide bonds. The van der Waals surface area contributed by atoms with E-state index in [0.29, 0.717) is 18.7 Å². The molecular weight excluding hydrogens is 256 g/mol. The Morgan fingerprint density at radius 3 is 2.50 bits per heavy atom. The Kier molecular flexibility index (Phi) is 4.39. The van der Waals surface area contributed by atoms with Crippen LogP contribution in [-0.2, 0) is 4.79 Å². The number of rotatable bonds is 3. The fourth-order valence-corrected chi connectivity index (χ4v) is 2.75. The number of hydrogen-bond acceptors (Lipinski definition) is 3. The molecule has 5 nitrogen and oxygen atoms in total. The number of piperazine rings is 1. The van der Waals surface area contributed by atoms with Gasteiger partial charge in [0, 0.05) is 30.7 Å². The molecule has 0 saturated carbocycles. The van der Waals surface area contributed by atoms with Crippen molar-refractivity contribution in [1.29, 1.82) is 0 Å². The second-order valence-corrected chi connectivity index (χ2v) is 5.25. The van der Waals surface area contributed by atoms with Crippen molar-refractivity contribution >= 4 is 11.9 Å². The molecule has 0 bridgehead atoms. The van der Waals surface area contributed by atoms with Crippen molar-refractivity contribution < 1.29 is 14.7 Å². The van der Waals surface area contributed by atoms with Crippen LogP contribution in [0, 0.1) is 0 Å². The highest BCUT2D eigenvalue weighted by atomic mass is 16.4. The Morgan fingerprint density at radius 2 is 1.90 bits per heavy atom. The third-order valence-corrected chi connectivity index (χ3v) is 3.97. The maximum absolute atomic E-state index is 12.5. The van der Waals surface area contributed by atoms with E-state index in [9.17, 15) is 9.59 Å². The number of likely N-dealkylation sites (N-methyl/N-ethyl adjacent to an activating group) is 1. The van der Waals surface area contributed by atoms with Crippen molar-refractivity contribution in [2.45, 2.75) is 25.4 Å². The summed E-state index contributed by atoms with van der Waals surface area (Å²) < 4.78 is 0. The minimum atomic E-state index is -0.831. The van der Waals surface area contributed by atoms with Crippen LogP contribution in [-0.4, -0.2) is 59.0 Å². The molecule has 0 aliphatic carbocycles. The molecule has 0 spiro atoms. The summed E-state index contributed by atoms with van der Waals surface area (Å²) in [5.41, 5.74) is 0.651. The molecule has 1 fully saturated rings. The second-order valence-electron chi connectivity index (χ2n) is 5.25. The van der Waals surface area contributed by atoms with E-state index in [1.54, 1.807) is 17.0 Å². The third-order valence-electron chi connectivity index (χ3n) is 3.97. The van der Waals surface area contributed by atoms with E-state index in [-0.39, 0.29) is 24.4 Å². The van der Waals surface area contributed by atoms with Crippen molar-refractivity contribution in [3.8, 4) is 0 Å². The van der Waals surface area contributed by atoms with E-state index in [1.807, 2.05) is 37.1 Å². The molecule has 0 aromatic heterocycles. The van der Waals surface area contributed by atoms with Gasteiger partial charge in [-0.25, -0.2) is 0 Å². The zero-order valence-corrected chi connectivity index (χ0v) is 11.8. The van der Waals surface area contributed by atoms with Gasteiger partial charge < -0.3 is 10.0 Å². The number of benzene rings is 1. The zero-order valence-electron chi connectivity index (χ0n) is 11.8. The van der Waals surface area contributed by atoms with Gasteiger partial charge in [-0.15, -0.1) is 0 Å². The zero-order chi connectivity index (χ0) is 14.7. The second kappa shape index (κ2) is 6.05. The monoisotopic (exact) mass is 276 g/mol. The predicted octanol–water partition coefficient (Wildman–Crippen LogP) is 1.31. The van der Waals surface area contributed by atoms with Gasteiger partial charge >= 0.3 is 5.97 Å². The lowest BCUT2D eigenvalue weighted by Crippen LogP contribution is -2.59. The molecule has 108 valence electrons. The summed E-state index contributed by atoms with van der Waals surface area (Å²) in [7, 11) is 1.91. The number of carbonyl (C=O) groups is 2. The van der Waals surface area contributed by atoms with Gasteiger partial charge in [0.2, 0.25) is 0 Å². The average Bonchev–Trinajstić information content (AvgIpc) is 2.43. The number of nitrogens with zero attached hydrogens (tertiary/aromatic N) is 2. The topological polar surface area (TPSA) is 60.9 Å². The molecule has 1 N–H and O–H groups in total. The van der Waals surface area contributed by atoms with E-state index in [4.69, 9.17) is 5.11 Å². The minimum Gasteiger partial charge on any atom is -0.481 e. The number of aliphatic carboxylic acids is 1. The third kappa shape index (κ3) is 2.99. The molecule has 5 heteroatoms. The molecule has 1 saturated heterocycles. The predicted molar refractivity (Wildman–Crippen MR) is 75.6 cm³/mol. The van der Waals surface area contributed by atoms with Gasteiger partial charge in [0.15, 0.2) is 0 Å². The first kappa shape index (κ1) is 14.5. The van der Waals surface area contributed by atoms with E-state index < -0.39 is 5.97 Å². The van der Waals surface area contributed by atoms with Gasteiger partial charge in [-0.1, -0.05) is 18.2 Å². The molecular formula is C15H20N2O3. The fourth-order valence-electron chi connectivity index (χ4n) is 2.75. The van der Waals surface area contributed by atoms with Crippen LogP contribution >= 0.6 is 0 Å². The van der Waals surface area contributed by atoms with Crippen LogP contribution in [0.5, 0.6) is 0 Å². The Morgan fingerprint density at radius 1 is 1.25 bits per heavy atom. The maximum Gasteiger partial charge on any atom is 0.305 e. The van der Waals surface area contributed by atoms with Gasteiger partial charge in [-0.05, 0) is 26.1 Å². The lowest BCUT2D eigenvalue weighted by Gasteiger charge is -2.44. The summed E-state index contributed by atoms with van der Waals surface area (Å²) in [6, 6.07) is 8.87. The highest BCUT2D eigenvalue weighted by Gasteiger charge is 2.35. The SMILES string of the molecule is C[C@@H]1[C@H](CC(=O)O)N(C)CCN1C(=O)c1ccccc1. The number of carboxylic acids is 1. The molecule has 20 heavy (non-hydrogen) atoms. The first-order valence-electron chi connectivity index (χ1n) is 6.78. The Hall–Kier alpha value is -1.88. The van der Waals surface area contributed by atoms with E-state index >= 15 is 0 Å². The highest BCUT2D eigenvalue weighted by molar-refractivity contribution is 5.94. The normalized spacial score (nSPS) is 23.6. The first-order chi connectivity index (χ1) is 9.50. The summed E-state index contributed by atoms with van der Waals surface area (Å²) in [6.07, 6.45) is 0.0518. The summed E-state index contributed by atoms with van der Waals surface area (Å²) >= 11 is 0. The Bertz CT molecular complexity index is 489. The van der Waals surface area contributed by atoms with Gasteiger partial charge in [0.05, 0.1) is 6.42 Å². The van der Waals surface area contributed by atoms with Gasteiger partial charge in [-0.2, -0.15) is 0 Å². The molecule has 0 unspecified atom stereocenters.